The number of aryl methyl sites for hydroxylation is 1. The molecule has 0 saturated carbocycles. The molecular weight excluding hydrogens is 302 g/mol. The number of likely N-dealkylation sites (tertiary alicyclic amines) is 1. The van der Waals surface area contributed by atoms with Crippen molar-refractivity contribution in [3.05, 3.63) is 65.5 Å². The lowest BCUT2D eigenvalue weighted by Gasteiger charge is -2.32. The van der Waals surface area contributed by atoms with Gasteiger partial charge >= 0.3 is 0 Å². The molecule has 2 amide bonds. The van der Waals surface area contributed by atoms with Crippen molar-refractivity contribution in [2.24, 2.45) is 0 Å². The molecule has 2 heterocycles. The summed E-state index contributed by atoms with van der Waals surface area (Å²) in [6.07, 6.45) is 4.78. The van der Waals surface area contributed by atoms with Crippen LogP contribution in [0.2, 0.25) is 0 Å². The molecule has 2 aromatic rings. The third-order valence-corrected chi connectivity index (χ3v) is 4.34. The maximum atomic E-state index is 12.4. The Hall–Kier alpha value is -2.69. The van der Waals surface area contributed by atoms with Gasteiger partial charge in [0.05, 0.1) is 5.56 Å². The van der Waals surface area contributed by atoms with Crippen LogP contribution in [-0.2, 0) is 0 Å². The number of rotatable bonds is 3. The maximum absolute atomic E-state index is 12.4. The van der Waals surface area contributed by atoms with Gasteiger partial charge in [-0.15, -0.1) is 0 Å². The summed E-state index contributed by atoms with van der Waals surface area (Å²) in [5.41, 5.74) is 2.42. The molecule has 1 fully saturated rings. The van der Waals surface area contributed by atoms with E-state index in [9.17, 15) is 9.59 Å². The number of nitrogens with zero attached hydrogens (tertiary/aromatic N) is 2. The Kier molecular flexibility index (Phi) is 4.89. The molecule has 0 unspecified atom stereocenters. The van der Waals surface area contributed by atoms with Crippen molar-refractivity contribution >= 4 is 11.8 Å². The molecule has 1 aliphatic rings. The number of carbonyl (C=O) groups is 2. The van der Waals surface area contributed by atoms with Gasteiger partial charge in [0.25, 0.3) is 11.8 Å². The standard InChI is InChI=1S/C19H21N3O2/c1-14-4-6-15(7-5-14)18(23)21-17-8-11-22(12-9-17)19(24)16-3-2-10-20-13-16/h2-7,10,13,17H,8-9,11-12H2,1H3,(H,21,23). The van der Waals surface area contributed by atoms with Crippen molar-refractivity contribution in [3.8, 4) is 0 Å². The number of hydrogen-bond acceptors (Lipinski definition) is 3. The first-order valence-electron chi connectivity index (χ1n) is 8.20. The Labute approximate surface area is 141 Å². The zero-order valence-electron chi connectivity index (χ0n) is 13.7. The van der Waals surface area contributed by atoms with Crippen molar-refractivity contribution < 1.29 is 9.59 Å². The SMILES string of the molecule is Cc1ccc(C(=O)NC2CCN(C(=O)c3cccnc3)CC2)cc1. The van der Waals surface area contributed by atoms with Crippen LogP contribution in [-0.4, -0.2) is 40.8 Å². The first-order chi connectivity index (χ1) is 11.6. The topological polar surface area (TPSA) is 62.3 Å². The summed E-state index contributed by atoms with van der Waals surface area (Å²) in [5.74, 6) is -0.0431. The van der Waals surface area contributed by atoms with Crippen molar-refractivity contribution in [2.45, 2.75) is 25.8 Å². The second-order valence-corrected chi connectivity index (χ2v) is 6.15. The number of aromatic nitrogens is 1. The number of amides is 2. The van der Waals surface area contributed by atoms with Crippen LogP contribution in [0.25, 0.3) is 0 Å². The van der Waals surface area contributed by atoms with E-state index >= 15 is 0 Å². The third kappa shape index (κ3) is 3.79. The Morgan fingerprint density at radius 2 is 1.79 bits per heavy atom. The summed E-state index contributed by atoms with van der Waals surface area (Å²) in [7, 11) is 0. The van der Waals surface area contributed by atoms with Crippen LogP contribution in [0.3, 0.4) is 0 Å². The van der Waals surface area contributed by atoms with Gasteiger partial charge in [-0.25, -0.2) is 0 Å². The molecule has 0 bridgehead atoms. The highest BCUT2D eigenvalue weighted by Gasteiger charge is 2.24. The molecule has 5 nitrogen and oxygen atoms in total. The van der Waals surface area contributed by atoms with Crippen LogP contribution in [0.1, 0.15) is 39.1 Å². The fourth-order valence-electron chi connectivity index (χ4n) is 2.87. The van der Waals surface area contributed by atoms with Crippen LogP contribution >= 0.6 is 0 Å². The Morgan fingerprint density at radius 1 is 1.08 bits per heavy atom. The van der Waals surface area contributed by atoms with E-state index in [0.29, 0.717) is 24.2 Å². The number of hydrogen-bond donors (Lipinski definition) is 1. The lowest BCUT2D eigenvalue weighted by Crippen LogP contribution is -2.46. The molecule has 3 rings (SSSR count). The van der Waals surface area contributed by atoms with Crippen molar-refractivity contribution in [1.29, 1.82) is 0 Å². The fraction of sp³-hybridized carbons (Fsp3) is 0.316. The molecule has 1 N–H and O–H groups in total. The predicted octanol–water partition coefficient (Wildman–Crippen LogP) is 2.42. The quantitative estimate of drug-likeness (QED) is 0.943. The van der Waals surface area contributed by atoms with Gasteiger partial charge in [-0.05, 0) is 44.0 Å². The number of pyridine rings is 1. The summed E-state index contributed by atoms with van der Waals surface area (Å²) in [4.78, 5) is 30.5. The van der Waals surface area contributed by atoms with E-state index in [1.54, 1.807) is 24.5 Å². The first kappa shape index (κ1) is 16.2. The number of nitrogens with one attached hydrogen (secondary N) is 1. The molecule has 1 aromatic carbocycles. The smallest absolute Gasteiger partial charge is 0.255 e. The second kappa shape index (κ2) is 7.25. The summed E-state index contributed by atoms with van der Waals surface area (Å²) in [5, 5.41) is 3.06. The van der Waals surface area contributed by atoms with Gasteiger partial charge in [0.2, 0.25) is 0 Å². The molecule has 124 valence electrons. The van der Waals surface area contributed by atoms with Gasteiger partial charge in [-0.2, -0.15) is 0 Å². The zero-order chi connectivity index (χ0) is 16.9. The van der Waals surface area contributed by atoms with Crippen LogP contribution in [0, 0.1) is 6.92 Å². The monoisotopic (exact) mass is 323 g/mol. The normalized spacial score (nSPS) is 15.1. The van der Waals surface area contributed by atoms with Gasteiger partial charge in [0.15, 0.2) is 0 Å². The largest absolute Gasteiger partial charge is 0.349 e. The van der Waals surface area contributed by atoms with E-state index in [4.69, 9.17) is 0 Å². The molecule has 0 spiro atoms. The van der Waals surface area contributed by atoms with Gasteiger partial charge < -0.3 is 10.2 Å². The van der Waals surface area contributed by atoms with Crippen molar-refractivity contribution in [2.75, 3.05) is 13.1 Å². The molecular formula is C19H21N3O2. The van der Waals surface area contributed by atoms with Crippen molar-refractivity contribution in [3.63, 3.8) is 0 Å². The highest BCUT2D eigenvalue weighted by molar-refractivity contribution is 5.95. The highest BCUT2D eigenvalue weighted by Crippen LogP contribution is 2.14. The number of piperidine rings is 1. The van der Waals surface area contributed by atoms with Crippen LogP contribution < -0.4 is 5.32 Å². The van der Waals surface area contributed by atoms with Crippen LogP contribution in [0.4, 0.5) is 0 Å². The van der Waals surface area contributed by atoms with E-state index in [2.05, 4.69) is 10.3 Å². The van der Waals surface area contributed by atoms with E-state index in [-0.39, 0.29) is 17.9 Å². The van der Waals surface area contributed by atoms with Gasteiger partial charge in [0.1, 0.15) is 0 Å². The molecule has 0 aliphatic carbocycles. The van der Waals surface area contributed by atoms with Gasteiger partial charge in [-0.3, -0.25) is 14.6 Å². The Bertz CT molecular complexity index is 705. The molecule has 5 heteroatoms. The van der Waals surface area contributed by atoms with E-state index < -0.39 is 0 Å². The molecule has 24 heavy (non-hydrogen) atoms. The first-order valence-corrected chi connectivity index (χ1v) is 8.20. The molecule has 1 saturated heterocycles. The van der Waals surface area contributed by atoms with Crippen LogP contribution in [0.15, 0.2) is 48.8 Å². The van der Waals surface area contributed by atoms with Crippen molar-refractivity contribution in [1.82, 2.24) is 15.2 Å². The minimum absolute atomic E-state index is 0.00594. The average Bonchev–Trinajstić information content (AvgIpc) is 2.63. The van der Waals surface area contributed by atoms with Gasteiger partial charge in [-0.1, -0.05) is 17.7 Å². The number of benzene rings is 1. The van der Waals surface area contributed by atoms with Crippen LogP contribution in [0.5, 0.6) is 0 Å². The third-order valence-electron chi connectivity index (χ3n) is 4.34. The summed E-state index contributed by atoms with van der Waals surface area (Å²) in [6, 6.07) is 11.2. The second-order valence-electron chi connectivity index (χ2n) is 6.15. The molecule has 0 atom stereocenters. The molecule has 1 aliphatic heterocycles. The summed E-state index contributed by atoms with van der Waals surface area (Å²) < 4.78 is 0. The number of carbonyl (C=O) groups excluding carboxylic acids is 2. The zero-order valence-corrected chi connectivity index (χ0v) is 13.7. The Balaban J connectivity index is 1.53. The van der Waals surface area contributed by atoms with Gasteiger partial charge in [0, 0.05) is 37.1 Å². The molecule has 1 aromatic heterocycles. The lowest BCUT2D eigenvalue weighted by molar-refractivity contribution is 0.0697. The Morgan fingerprint density at radius 3 is 2.42 bits per heavy atom. The average molecular weight is 323 g/mol. The molecule has 0 radical (unpaired) electrons. The summed E-state index contributed by atoms with van der Waals surface area (Å²) in [6.45, 7) is 3.29. The fourth-order valence-corrected chi connectivity index (χ4v) is 2.87. The van der Waals surface area contributed by atoms with E-state index in [1.807, 2.05) is 36.1 Å². The maximum Gasteiger partial charge on any atom is 0.255 e. The highest BCUT2D eigenvalue weighted by atomic mass is 16.2. The minimum Gasteiger partial charge on any atom is -0.349 e. The predicted molar refractivity (Wildman–Crippen MR) is 91.8 cm³/mol. The minimum atomic E-state index is -0.0490. The van der Waals surface area contributed by atoms with E-state index in [1.165, 1.54) is 0 Å². The summed E-state index contributed by atoms with van der Waals surface area (Å²) >= 11 is 0. The van der Waals surface area contributed by atoms with E-state index in [0.717, 1.165) is 18.4 Å². The lowest BCUT2D eigenvalue weighted by atomic mass is 10.0.